The molecule has 122 valence electrons. The van der Waals surface area contributed by atoms with E-state index in [0.717, 1.165) is 42.3 Å². The Morgan fingerprint density at radius 3 is 2.83 bits per heavy atom. The van der Waals surface area contributed by atoms with Gasteiger partial charge in [0.25, 0.3) is 0 Å². The van der Waals surface area contributed by atoms with Gasteiger partial charge in [0, 0.05) is 24.5 Å². The van der Waals surface area contributed by atoms with Gasteiger partial charge in [-0.3, -0.25) is 9.97 Å². The first-order valence-electron chi connectivity index (χ1n) is 8.44. The summed E-state index contributed by atoms with van der Waals surface area (Å²) < 4.78 is 2.04. The van der Waals surface area contributed by atoms with E-state index in [1.807, 2.05) is 4.68 Å². The fourth-order valence-electron chi connectivity index (χ4n) is 3.35. The van der Waals surface area contributed by atoms with E-state index in [0.29, 0.717) is 0 Å². The van der Waals surface area contributed by atoms with Gasteiger partial charge >= 0.3 is 0 Å². The molecule has 2 aromatic heterocycles. The first-order valence-corrected chi connectivity index (χ1v) is 8.44. The van der Waals surface area contributed by atoms with E-state index < -0.39 is 0 Å². The van der Waals surface area contributed by atoms with Crippen LogP contribution in [-0.2, 0) is 6.42 Å². The fraction of sp³-hybridized carbons (Fsp3) is 0.316. The molecule has 3 aromatic rings. The maximum absolute atomic E-state index is 4.92. The van der Waals surface area contributed by atoms with Crippen LogP contribution in [0.5, 0.6) is 0 Å². The molecule has 5 nitrogen and oxygen atoms in total. The third-order valence-corrected chi connectivity index (χ3v) is 4.52. The van der Waals surface area contributed by atoms with Crippen LogP contribution in [0.4, 0.5) is 5.82 Å². The van der Waals surface area contributed by atoms with Gasteiger partial charge in [0.05, 0.1) is 11.9 Å². The SMILES string of the molecule is Cc1ccc(-n2nc(-c3cnccn3)c3c2NCCCC3)c(C)c1. The number of hydrogen-bond acceptors (Lipinski definition) is 4. The van der Waals surface area contributed by atoms with E-state index in [2.05, 4.69) is 47.3 Å². The molecule has 0 bridgehead atoms. The van der Waals surface area contributed by atoms with Gasteiger partial charge in [-0.2, -0.15) is 5.10 Å². The Kier molecular flexibility index (Phi) is 3.76. The Balaban J connectivity index is 1.93. The second-order valence-corrected chi connectivity index (χ2v) is 6.35. The van der Waals surface area contributed by atoms with Crippen molar-refractivity contribution < 1.29 is 0 Å². The number of nitrogens with zero attached hydrogens (tertiary/aromatic N) is 4. The summed E-state index contributed by atoms with van der Waals surface area (Å²) in [7, 11) is 0. The molecule has 0 unspecified atom stereocenters. The van der Waals surface area contributed by atoms with E-state index in [4.69, 9.17) is 5.10 Å². The maximum Gasteiger partial charge on any atom is 0.133 e. The van der Waals surface area contributed by atoms with Crippen LogP contribution in [0.2, 0.25) is 0 Å². The van der Waals surface area contributed by atoms with Crippen molar-refractivity contribution in [2.75, 3.05) is 11.9 Å². The van der Waals surface area contributed by atoms with Crippen molar-refractivity contribution in [3.8, 4) is 17.1 Å². The van der Waals surface area contributed by atoms with E-state index >= 15 is 0 Å². The van der Waals surface area contributed by atoms with Crippen LogP contribution in [0.3, 0.4) is 0 Å². The van der Waals surface area contributed by atoms with E-state index in [1.165, 1.54) is 23.1 Å². The van der Waals surface area contributed by atoms with Gasteiger partial charge in [-0.15, -0.1) is 0 Å². The van der Waals surface area contributed by atoms with Crippen molar-refractivity contribution in [1.82, 2.24) is 19.7 Å². The van der Waals surface area contributed by atoms with E-state index in [9.17, 15) is 0 Å². The first kappa shape index (κ1) is 14.9. The molecule has 3 heterocycles. The number of aryl methyl sites for hydroxylation is 2. The van der Waals surface area contributed by atoms with Crippen LogP contribution >= 0.6 is 0 Å². The van der Waals surface area contributed by atoms with Gasteiger partial charge < -0.3 is 5.32 Å². The molecule has 0 spiro atoms. The standard InChI is InChI=1S/C19H21N5/c1-13-6-7-17(14(2)11-13)24-19-15(5-3-4-8-22-19)18(23-24)16-12-20-9-10-21-16/h6-7,9-12,22H,3-5,8H2,1-2H3. The Morgan fingerprint density at radius 2 is 2.04 bits per heavy atom. The van der Waals surface area contributed by atoms with E-state index in [-0.39, 0.29) is 0 Å². The largest absolute Gasteiger partial charge is 0.370 e. The van der Waals surface area contributed by atoms with Crippen molar-refractivity contribution in [3.63, 3.8) is 0 Å². The van der Waals surface area contributed by atoms with Crippen molar-refractivity contribution in [2.45, 2.75) is 33.1 Å². The number of hydrogen-bond donors (Lipinski definition) is 1. The average Bonchev–Trinajstić information content (AvgIpc) is 2.78. The molecule has 0 saturated heterocycles. The minimum atomic E-state index is 0.834. The van der Waals surface area contributed by atoms with Crippen LogP contribution in [0.15, 0.2) is 36.8 Å². The number of nitrogens with one attached hydrogen (secondary N) is 1. The van der Waals surface area contributed by atoms with Crippen LogP contribution in [0, 0.1) is 13.8 Å². The van der Waals surface area contributed by atoms with Crippen LogP contribution in [-0.4, -0.2) is 26.3 Å². The zero-order valence-electron chi connectivity index (χ0n) is 14.1. The molecule has 1 N–H and O–H groups in total. The molecule has 1 aromatic carbocycles. The lowest BCUT2D eigenvalue weighted by atomic mass is 10.1. The second kappa shape index (κ2) is 6.07. The molecule has 0 atom stereocenters. The molecule has 1 aliphatic rings. The van der Waals surface area contributed by atoms with Crippen molar-refractivity contribution in [2.24, 2.45) is 0 Å². The minimum Gasteiger partial charge on any atom is -0.370 e. The third-order valence-electron chi connectivity index (χ3n) is 4.52. The van der Waals surface area contributed by atoms with Crippen LogP contribution < -0.4 is 5.32 Å². The van der Waals surface area contributed by atoms with Gasteiger partial charge in [0.2, 0.25) is 0 Å². The number of anilines is 1. The molecular weight excluding hydrogens is 298 g/mol. The molecule has 0 saturated carbocycles. The maximum atomic E-state index is 4.92. The highest BCUT2D eigenvalue weighted by molar-refractivity contribution is 5.69. The molecular formula is C19H21N5. The highest BCUT2D eigenvalue weighted by Gasteiger charge is 2.23. The number of rotatable bonds is 2. The van der Waals surface area contributed by atoms with Gasteiger partial charge in [0.15, 0.2) is 0 Å². The summed E-state index contributed by atoms with van der Waals surface area (Å²) in [5.74, 6) is 1.10. The number of fused-ring (bicyclic) bond motifs is 1. The topological polar surface area (TPSA) is 55.6 Å². The minimum absolute atomic E-state index is 0.834. The smallest absolute Gasteiger partial charge is 0.133 e. The Bertz CT molecular complexity index is 867. The first-order chi connectivity index (χ1) is 11.7. The van der Waals surface area contributed by atoms with Crippen molar-refractivity contribution in [1.29, 1.82) is 0 Å². The quantitative estimate of drug-likeness (QED) is 0.782. The molecule has 0 fully saturated rings. The lowest BCUT2D eigenvalue weighted by Crippen LogP contribution is -2.08. The summed E-state index contributed by atoms with van der Waals surface area (Å²) in [5.41, 5.74) is 6.61. The number of aromatic nitrogens is 4. The third kappa shape index (κ3) is 2.56. The zero-order valence-corrected chi connectivity index (χ0v) is 14.1. The second-order valence-electron chi connectivity index (χ2n) is 6.35. The fourth-order valence-corrected chi connectivity index (χ4v) is 3.35. The molecule has 0 aliphatic carbocycles. The predicted octanol–water partition coefficient (Wildman–Crippen LogP) is 3.69. The summed E-state index contributed by atoms with van der Waals surface area (Å²) >= 11 is 0. The van der Waals surface area contributed by atoms with Gasteiger partial charge in [0.1, 0.15) is 17.2 Å². The molecule has 24 heavy (non-hydrogen) atoms. The summed E-state index contributed by atoms with van der Waals surface area (Å²) in [4.78, 5) is 8.68. The summed E-state index contributed by atoms with van der Waals surface area (Å²) in [6.45, 7) is 5.22. The Morgan fingerprint density at radius 1 is 1.12 bits per heavy atom. The monoisotopic (exact) mass is 319 g/mol. The summed E-state index contributed by atoms with van der Waals surface area (Å²) in [6.07, 6.45) is 8.55. The lowest BCUT2D eigenvalue weighted by molar-refractivity contribution is 0.779. The van der Waals surface area contributed by atoms with Gasteiger partial charge in [-0.1, -0.05) is 17.7 Å². The van der Waals surface area contributed by atoms with Gasteiger partial charge in [-0.25, -0.2) is 4.68 Å². The Hall–Kier alpha value is -2.69. The van der Waals surface area contributed by atoms with Crippen LogP contribution in [0.25, 0.3) is 17.1 Å². The molecule has 0 amide bonds. The average molecular weight is 319 g/mol. The number of benzene rings is 1. The van der Waals surface area contributed by atoms with Crippen LogP contribution in [0.1, 0.15) is 29.5 Å². The molecule has 0 radical (unpaired) electrons. The highest BCUT2D eigenvalue weighted by atomic mass is 15.3. The molecule has 4 rings (SSSR count). The normalized spacial score (nSPS) is 13.9. The predicted molar refractivity (Wildman–Crippen MR) is 95.5 cm³/mol. The van der Waals surface area contributed by atoms with Crippen molar-refractivity contribution >= 4 is 5.82 Å². The highest BCUT2D eigenvalue weighted by Crippen LogP contribution is 2.33. The molecule has 1 aliphatic heterocycles. The van der Waals surface area contributed by atoms with E-state index in [1.54, 1.807) is 18.6 Å². The van der Waals surface area contributed by atoms with Gasteiger partial charge in [-0.05, 0) is 44.7 Å². The summed E-state index contributed by atoms with van der Waals surface area (Å²) in [5, 5.41) is 8.49. The Labute approximate surface area is 141 Å². The summed E-state index contributed by atoms with van der Waals surface area (Å²) in [6, 6.07) is 6.47. The lowest BCUT2D eigenvalue weighted by Gasteiger charge is -2.12. The zero-order chi connectivity index (χ0) is 16.5. The molecule has 5 heteroatoms. The van der Waals surface area contributed by atoms with Crippen molar-refractivity contribution in [3.05, 3.63) is 53.5 Å².